The van der Waals surface area contributed by atoms with Crippen LogP contribution in [0.4, 0.5) is 15.8 Å². The van der Waals surface area contributed by atoms with Gasteiger partial charge in [-0.3, -0.25) is 9.59 Å². The van der Waals surface area contributed by atoms with Crippen molar-refractivity contribution in [2.75, 3.05) is 10.6 Å². The maximum Gasteiger partial charge on any atom is 0.303 e. The SMILES string of the molecule is O=C(O)CCC1Nc2cc(F)c(Cl)cc2NC1=O. The van der Waals surface area contributed by atoms with Crippen LogP contribution in [0.15, 0.2) is 12.1 Å². The lowest BCUT2D eigenvalue weighted by atomic mass is 10.1. The monoisotopic (exact) mass is 272 g/mol. The molecule has 1 aliphatic rings. The molecule has 1 heterocycles. The van der Waals surface area contributed by atoms with E-state index in [2.05, 4.69) is 10.6 Å². The first kappa shape index (κ1) is 12.6. The average molecular weight is 273 g/mol. The predicted octanol–water partition coefficient (Wildman–Crippen LogP) is 2.08. The zero-order valence-electron chi connectivity index (χ0n) is 9.17. The van der Waals surface area contributed by atoms with Gasteiger partial charge in [0.2, 0.25) is 5.91 Å². The molecule has 2 rings (SSSR count). The number of amides is 1. The van der Waals surface area contributed by atoms with Gasteiger partial charge >= 0.3 is 5.97 Å². The first-order valence-corrected chi connectivity index (χ1v) is 5.63. The van der Waals surface area contributed by atoms with Crippen molar-refractivity contribution in [2.45, 2.75) is 18.9 Å². The molecule has 1 unspecified atom stereocenters. The summed E-state index contributed by atoms with van der Waals surface area (Å²) >= 11 is 5.60. The maximum atomic E-state index is 13.3. The lowest BCUT2D eigenvalue weighted by molar-refractivity contribution is -0.137. The van der Waals surface area contributed by atoms with E-state index in [1.807, 2.05) is 0 Å². The van der Waals surface area contributed by atoms with E-state index in [1.165, 1.54) is 12.1 Å². The molecule has 5 nitrogen and oxygen atoms in total. The Balaban J connectivity index is 2.19. The molecule has 18 heavy (non-hydrogen) atoms. The minimum absolute atomic E-state index is 0.0835. The molecular formula is C11H10ClFN2O3. The second kappa shape index (κ2) is 4.81. The van der Waals surface area contributed by atoms with Crippen molar-refractivity contribution in [1.82, 2.24) is 0 Å². The number of carboxylic acids is 1. The van der Waals surface area contributed by atoms with Crippen LogP contribution in [-0.2, 0) is 9.59 Å². The third-order valence-electron chi connectivity index (χ3n) is 2.61. The average Bonchev–Trinajstić information content (AvgIpc) is 2.29. The molecule has 0 aromatic heterocycles. The summed E-state index contributed by atoms with van der Waals surface area (Å²) in [6, 6.07) is 1.80. The van der Waals surface area contributed by atoms with Gasteiger partial charge in [-0.2, -0.15) is 0 Å². The van der Waals surface area contributed by atoms with Crippen LogP contribution in [0, 0.1) is 5.82 Å². The van der Waals surface area contributed by atoms with Gasteiger partial charge in [-0.25, -0.2) is 4.39 Å². The van der Waals surface area contributed by atoms with E-state index >= 15 is 0 Å². The van der Waals surface area contributed by atoms with Crippen molar-refractivity contribution < 1.29 is 19.1 Å². The molecule has 1 atom stereocenters. The van der Waals surface area contributed by atoms with E-state index in [1.54, 1.807) is 0 Å². The Kier molecular flexibility index (Phi) is 3.38. The van der Waals surface area contributed by atoms with Crippen molar-refractivity contribution in [3.63, 3.8) is 0 Å². The minimum atomic E-state index is -0.988. The van der Waals surface area contributed by atoms with Crippen LogP contribution in [0.25, 0.3) is 0 Å². The van der Waals surface area contributed by atoms with Gasteiger partial charge in [0.25, 0.3) is 0 Å². The number of aliphatic carboxylic acids is 1. The Morgan fingerprint density at radius 1 is 1.44 bits per heavy atom. The van der Waals surface area contributed by atoms with Crippen molar-refractivity contribution >= 4 is 34.9 Å². The molecule has 0 saturated heterocycles. The van der Waals surface area contributed by atoms with Gasteiger partial charge in [0, 0.05) is 12.5 Å². The van der Waals surface area contributed by atoms with Crippen molar-refractivity contribution in [3.05, 3.63) is 23.0 Å². The summed E-state index contributed by atoms with van der Waals surface area (Å²) in [6.45, 7) is 0. The summed E-state index contributed by atoms with van der Waals surface area (Å²) in [5.74, 6) is -1.94. The highest BCUT2D eigenvalue weighted by Crippen LogP contribution is 2.32. The van der Waals surface area contributed by atoms with Crippen LogP contribution in [0.3, 0.4) is 0 Å². The molecule has 0 radical (unpaired) electrons. The number of hydrogen-bond acceptors (Lipinski definition) is 3. The van der Waals surface area contributed by atoms with E-state index < -0.39 is 17.8 Å². The predicted molar refractivity (Wildman–Crippen MR) is 64.3 cm³/mol. The van der Waals surface area contributed by atoms with Gasteiger partial charge in [-0.05, 0) is 12.5 Å². The molecule has 0 fully saturated rings. The largest absolute Gasteiger partial charge is 0.481 e. The summed E-state index contributed by atoms with van der Waals surface area (Å²) in [5, 5.41) is 13.8. The quantitative estimate of drug-likeness (QED) is 0.787. The fourth-order valence-electron chi connectivity index (χ4n) is 1.71. The van der Waals surface area contributed by atoms with E-state index in [-0.39, 0.29) is 23.8 Å². The molecule has 1 aromatic rings. The number of anilines is 2. The zero-order chi connectivity index (χ0) is 13.3. The molecule has 0 spiro atoms. The van der Waals surface area contributed by atoms with Crippen molar-refractivity contribution in [3.8, 4) is 0 Å². The van der Waals surface area contributed by atoms with E-state index in [0.29, 0.717) is 11.4 Å². The highest BCUT2D eigenvalue weighted by Gasteiger charge is 2.26. The summed E-state index contributed by atoms with van der Waals surface area (Å²) < 4.78 is 13.3. The van der Waals surface area contributed by atoms with Crippen molar-refractivity contribution in [1.29, 1.82) is 0 Å². The molecule has 1 aromatic carbocycles. The first-order chi connectivity index (χ1) is 8.47. The van der Waals surface area contributed by atoms with Gasteiger partial charge in [0.15, 0.2) is 0 Å². The molecule has 0 bridgehead atoms. The summed E-state index contributed by atoms with van der Waals surface area (Å²) in [4.78, 5) is 22.1. The molecule has 0 aliphatic carbocycles. The second-order valence-corrected chi connectivity index (χ2v) is 4.34. The van der Waals surface area contributed by atoms with Crippen molar-refractivity contribution in [2.24, 2.45) is 0 Å². The van der Waals surface area contributed by atoms with Crippen LogP contribution in [0.1, 0.15) is 12.8 Å². The molecule has 1 aliphatic heterocycles. The summed E-state index contributed by atoms with van der Waals surface area (Å²) in [6.07, 6.45) is -0.0126. The normalized spacial score (nSPS) is 17.7. The second-order valence-electron chi connectivity index (χ2n) is 3.93. The third-order valence-corrected chi connectivity index (χ3v) is 2.90. The third kappa shape index (κ3) is 2.53. The molecular weight excluding hydrogens is 263 g/mol. The van der Waals surface area contributed by atoms with Gasteiger partial charge < -0.3 is 15.7 Å². The van der Waals surface area contributed by atoms with Crippen LogP contribution in [0.5, 0.6) is 0 Å². The summed E-state index contributed by atoms with van der Waals surface area (Å²) in [7, 11) is 0. The van der Waals surface area contributed by atoms with Gasteiger partial charge in [0.1, 0.15) is 11.9 Å². The van der Waals surface area contributed by atoms with Crippen LogP contribution in [-0.4, -0.2) is 23.0 Å². The van der Waals surface area contributed by atoms with Gasteiger partial charge in [-0.15, -0.1) is 0 Å². The van der Waals surface area contributed by atoms with E-state index in [4.69, 9.17) is 16.7 Å². The van der Waals surface area contributed by atoms with Gasteiger partial charge in [-0.1, -0.05) is 11.6 Å². The lowest BCUT2D eigenvalue weighted by Gasteiger charge is -2.26. The smallest absolute Gasteiger partial charge is 0.303 e. The van der Waals surface area contributed by atoms with Crippen LogP contribution < -0.4 is 10.6 Å². The number of halogens is 2. The Morgan fingerprint density at radius 3 is 2.83 bits per heavy atom. The molecule has 7 heteroatoms. The Hall–Kier alpha value is -1.82. The molecule has 1 amide bonds. The Bertz CT molecular complexity index is 521. The number of rotatable bonds is 3. The van der Waals surface area contributed by atoms with E-state index in [0.717, 1.165) is 0 Å². The van der Waals surface area contributed by atoms with E-state index in [9.17, 15) is 14.0 Å². The number of benzene rings is 1. The number of carbonyl (C=O) groups excluding carboxylic acids is 1. The number of carboxylic acid groups (broad SMARTS) is 1. The standard InChI is InChI=1S/C11H10ClFN2O3/c12-5-3-8-9(4-6(5)13)14-7(11(18)15-8)1-2-10(16)17/h3-4,7,14H,1-2H2,(H,15,18)(H,16,17). The first-order valence-electron chi connectivity index (χ1n) is 5.25. The fraction of sp³-hybridized carbons (Fsp3) is 0.273. The Morgan fingerprint density at radius 2 is 2.17 bits per heavy atom. The summed E-state index contributed by atoms with van der Waals surface area (Å²) in [5.41, 5.74) is 0.782. The highest BCUT2D eigenvalue weighted by molar-refractivity contribution is 6.31. The van der Waals surface area contributed by atoms with Gasteiger partial charge in [0.05, 0.1) is 16.4 Å². The highest BCUT2D eigenvalue weighted by atomic mass is 35.5. The number of carbonyl (C=O) groups is 2. The zero-order valence-corrected chi connectivity index (χ0v) is 9.92. The molecule has 0 saturated carbocycles. The number of hydrogen-bond donors (Lipinski definition) is 3. The number of fused-ring (bicyclic) bond motifs is 1. The molecule has 3 N–H and O–H groups in total. The lowest BCUT2D eigenvalue weighted by Crippen LogP contribution is -2.39. The van der Waals surface area contributed by atoms with Crippen LogP contribution >= 0.6 is 11.6 Å². The Labute approximate surface area is 107 Å². The maximum absolute atomic E-state index is 13.3. The fourth-order valence-corrected chi connectivity index (χ4v) is 1.88. The number of nitrogens with one attached hydrogen (secondary N) is 2. The topological polar surface area (TPSA) is 78.4 Å². The minimum Gasteiger partial charge on any atom is -0.481 e. The molecule has 96 valence electrons. The van der Waals surface area contributed by atoms with Crippen LogP contribution in [0.2, 0.25) is 5.02 Å².